The van der Waals surface area contributed by atoms with Gasteiger partial charge in [0.25, 0.3) is 0 Å². The summed E-state index contributed by atoms with van der Waals surface area (Å²) in [4.78, 5) is 0. The SMILES string of the molecule is ClC1CC23CCCC2(C1)C3Cl. The first-order valence-electron chi connectivity index (χ1n) is 4.49. The zero-order valence-electron chi connectivity index (χ0n) is 6.45. The van der Waals surface area contributed by atoms with Crippen molar-refractivity contribution < 1.29 is 0 Å². The molecule has 0 nitrogen and oxygen atoms in total. The first kappa shape index (κ1) is 7.03. The molecule has 3 aliphatic rings. The van der Waals surface area contributed by atoms with Gasteiger partial charge in [0.1, 0.15) is 0 Å². The normalized spacial score (nSPS) is 66.0. The monoisotopic (exact) mass is 190 g/mol. The third kappa shape index (κ3) is 0.552. The zero-order valence-corrected chi connectivity index (χ0v) is 7.96. The topological polar surface area (TPSA) is 0 Å². The van der Waals surface area contributed by atoms with Gasteiger partial charge in [0.05, 0.1) is 0 Å². The van der Waals surface area contributed by atoms with Crippen molar-refractivity contribution in [2.24, 2.45) is 10.8 Å². The van der Waals surface area contributed by atoms with Crippen LogP contribution in [0.5, 0.6) is 0 Å². The third-order valence-corrected chi connectivity index (χ3v) is 5.44. The molecule has 0 aromatic carbocycles. The molecule has 0 aromatic rings. The Morgan fingerprint density at radius 2 is 1.55 bits per heavy atom. The van der Waals surface area contributed by atoms with Gasteiger partial charge in [0.2, 0.25) is 0 Å². The van der Waals surface area contributed by atoms with Crippen molar-refractivity contribution in [2.45, 2.75) is 42.9 Å². The van der Waals surface area contributed by atoms with Gasteiger partial charge in [-0.25, -0.2) is 0 Å². The van der Waals surface area contributed by atoms with Crippen LogP contribution in [0, 0.1) is 10.8 Å². The first-order valence-corrected chi connectivity index (χ1v) is 5.37. The fourth-order valence-electron chi connectivity index (χ4n) is 3.83. The molecule has 0 aromatic heterocycles. The standard InChI is InChI=1S/C9H12Cl2/c10-6-4-8-2-1-3-9(8,5-6)7(8)11/h6-7H,1-5H2. The van der Waals surface area contributed by atoms with Crippen LogP contribution in [0.1, 0.15) is 32.1 Å². The van der Waals surface area contributed by atoms with E-state index in [1.54, 1.807) is 0 Å². The molecule has 0 bridgehead atoms. The minimum Gasteiger partial charge on any atom is -0.123 e. The molecule has 2 heteroatoms. The Labute approximate surface area is 77.2 Å². The molecule has 62 valence electrons. The molecule has 0 N–H and O–H groups in total. The van der Waals surface area contributed by atoms with E-state index >= 15 is 0 Å². The van der Waals surface area contributed by atoms with E-state index in [1.807, 2.05) is 0 Å². The van der Waals surface area contributed by atoms with Gasteiger partial charge >= 0.3 is 0 Å². The molecule has 0 radical (unpaired) electrons. The maximum absolute atomic E-state index is 6.31. The molecular formula is C9H12Cl2. The lowest BCUT2D eigenvalue weighted by molar-refractivity contribution is 0.457. The first-order chi connectivity index (χ1) is 5.21. The molecule has 3 rings (SSSR count). The highest BCUT2D eigenvalue weighted by Crippen LogP contribution is 2.83. The van der Waals surface area contributed by atoms with Crippen LogP contribution >= 0.6 is 23.2 Å². The largest absolute Gasteiger partial charge is 0.123 e. The van der Waals surface area contributed by atoms with E-state index in [2.05, 4.69) is 0 Å². The summed E-state index contributed by atoms with van der Waals surface area (Å²) in [6.07, 6.45) is 6.49. The van der Waals surface area contributed by atoms with Crippen LogP contribution in [0.3, 0.4) is 0 Å². The summed E-state index contributed by atoms with van der Waals surface area (Å²) >= 11 is 12.4. The van der Waals surface area contributed by atoms with Crippen molar-refractivity contribution >= 4 is 23.2 Å². The van der Waals surface area contributed by atoms with Gasteiger partial charge in [-0.3, -0.25) is 0 Å². The number of hydrogen-bond acceptors (Lipinski definition) is 0. The van der Waals surface area contributed by atoms with E-state index < -0.39 is 0 Å². The van der Waals surface area contributed by atoms with Crippen LogP contribution in [0.15, 0.2) is 0 Å². The second-order valence-corrected chi connectivity index (χ2v) is 5.59. The van der Waals surface area contributed by atoms with Gasteiger partial charge in [-0.05, 0) is 36.5 Å². The van der Waals surface area contributed by atoms with Crippen molar-refractivity contribution in [3.05, 3.63) is 0 Å². The highest BCUT2D eigenvalue weighted by Gasteiger charge is 2.80. The number of hydrogen-bond donors (Lipinski definition) is 0. The molecule has 2 atom stereocenters. The summed E-state index contributed by atoms with van der Waals surface area (Å²) in [6, 6.07) is 0. The van der Waals surface area contributed by atoms with Crippen LogP contribution in [0.4, 0.5) is 0 Å². The highest BCUT2D eigenvalue weighted by atomic mass is 35.5. The predicted octanol–water partition coefficient (Wildman–Crippen LogP) is 3.17. The molecule has 0 spiro atoms. The van der Waals surface area contributed by atoms with Crippen LogP contribution in [-0.4, -0.2) is 10.8 Å². The zero-order chi connectivity index (χ0) is 7.69. The van der Waals surface area contributed by atoms with Gasteiger partial charge in [0, 0.05) is 10.8 Å². The molecule has 0 saturated heterocycles. The Kier molecular flexibility index (Phi) is 1.12. The molecule has 0 heterocycles. The second-order valence-electron chi connectivity index (χ2n) is 4.53. The maximum atomic E-state index is 6.31. The summed E-state index contributed by atoms with van der Waals surface area (Å²) in [5, 5.41) is 0.920. The van der Waals surface area contributed by atoms with E-state index in [0.717, 1.165) is 0 Å². The Balaban J connectivity index is 2.00. The summed E-state index contributed by atoms with van der Waals surface area (Å²) in [5.74, 6) is 0. The molecule has 11 heavy (non-hydrogen) atoms. The van der Waals surface area contributed by atoms with Crippen molar-refractivity contribution in [1.29, 1.82) is 0 Å². The molecule has 3 saturated carbocycles. The summed E-state index contributed by atoms with van der Waals surface area (Å²) < 4.78 is 0. The van der Waals surface area contributed by atoms with E-state index in [-0.39, 0.29) is 0 Å². The molecule has 0 aliphatic heterocycles. The number of alkyl halides is 2. The smallest absolute Gasteiger partial charge is 0.0461 e. The summed E-state index contributed by atoms with van der Waals surface area (Å²) in [5.41, 5.74) is 1.03. The Bertz CT molecular complexity index is 196. The quantitative estimate of drug-likeness (QED) is 0.516. The minimum absolute atomic E-state index is 0.435. The average Bonchev–Trinajstić information content (AvgIpc) is 2.29. The van der Waals surface area contributed by atoms with E-state index in [0.29, 0.717) is 21.6 Å². The lowest BCUT2D eigenvalue weighted by atomic mass is 10.0. The number of rotatable bonds is 0. The molecular weight excluding hydrogens is 179 g/mol. The molecule has 2 unspecified atom stereocenters. The van der Waals surface area contributed by atoms with Gasteiger partial charge in [0.15, 0.2) is 0 Å². The van der Waals surface area contributed by atoms with Gasteiger partial charge in [-0.15, -0.1) is 23.2 Å². The van der Waals surface area contributed by atoms with Crippen LogP contribution < -0.4 is 0 Å². The number of halogens is 2. The highest BCUT2D eigenvalue weighted by molar-refractivity contribution is 6.26. The van der Waals surface area contributed by atoms with Crippen molar-refractivity contribution in [2.75, 3.05) is 0 Å². The Hall–Kier alpha value is 0.580. The van der Waals surface area contributed by atoms with E-state index in [4.69, 9.17) is 23.2 Å². The second kappa shape index (κ2) is 1.75. The van der Waals surface area contributed by atoms with Gasteiger partial charge in [-0.1, -0.05) is 6.42 Å². The lowest BCUT2D eigenvalue weighted by Gasteiger charge is -2.14. The van der Waals surface area contributed by atoms with Crippen LogP contribution in [-0.2, 0) is 0 Å². The van der Waals surface area contributed by atoms with Crippen LogP contribution in [0.25, 0.3) is 0 Å². The fraction of sp³-hybridized carbons (Fsp3) is 1.00. The molecule has 3 aliphatic carbocycles. The summed E-state index contributed by atoms with van der Waals surface area (Å²) in [6.45, 7) is 0. The maximum Gasteiger partial charge on any atom is 0.0461 e. The molecule has 3 fully saturated rings. The average molecular weight is 191 g/mol. The van der Waals surface area contributed by atoms with Gasteiger partial charge in [-0.2, -0.15) is 0 Å². The van der Waals surface area contributed by atoms with Crippen molar-refractivity contribution in [3.63, 3.8) is 0 Å². The van der Waals surface area contributed by atoms with Crippen LogP contribution in [0.2, 0.25) is 0 Å². The van der Waals surface area contributed by atoms with Gasteiger partial charge < -0.3 is 0 Å². The Morgan fingerprint density at radius 1 is 1.00 bits per heavy atom. The van der Waals surface area contributed by atoms with Crippen molar-refractivity contribution in [1.82, 2.24) is 0 Å². The lowest BCUT2D eigenvalue weighted by Crippen LogP contribution is -2.10. The van der Waals surface area contributed by atoms with Crippen molar-refractivity contribution in [3.8, 4) is 0 Å². The summed E-state index contributed by atoms with van der Waals surface area (Å²) in [7, 11) is 0. The third-order valence-electron chi connectivity index (χ3n) is 4.30. The Morgan fingerprint density at radius 3 is 2.09 bits per heavy atom. The van der Waals surface area contributed by atoms with E-state index in [9.17, 15) is 0 Å². The molecule has 0 amide bonds. The minimum atomic E-state index is 0.435. The van der Waals surface area contributed by atoms with E-state index in [1.165, 1.54) is 32.1 Å². The predicted molar refractivity (Wildman–Crippen MR) is 47.2 cm³/mol. The fourth-order valence-corrected chi connectivity index (χ4v) is 5.15.